The first-order chi connectivity index (χ1) is 9.04. The number of nitrogens with two attached hydrogens (primary N) is 1. The Hall–Kier alpha value is -2.44. The number of amides is 2. The van der Waals surface area contributed by atoms with Crippen molar-refractivity contribution < 1.29 is 19.1 Å². The molecule has 1 aromatic heterocycles. The average molecular weight is 265 g/mol. The van der Waals surface area contributed by atoms with E-state index in [1.165, 1.54) is 19.4 Å². The number of esters is 1. The van der Waals surface area contributed by atoms with E-state index in [2.05, 4.69) is 15.0 Å². The molecule has 0 saturated carbocycles. The van der Waals surface area contributed by atoms with Crippen LogP contribution in [0.3, 0.4) is 0 Å². The van der Waals surface area contributed by atoms with Crippen LogP contribution in [-0.4, -0.2) is 35.9 Å². The minimum atomic E-state index is -0.936. The van der Waals surface area contributed by atoms with Crippen molar-refractivity contribution in [1.29, 1.82) is 0 Å². The molecule has 0 aliphatic heterocycles. The van der Waals surface area contributed by atoms with Gasteiger partial charge in [0.2, 0.25) is 5.91 Å². The van der Waals surface area contributed by atoms with E-state index in [1.807, 2.05) is 0 Å². The van der Waals surface area contributed by atoms with Gasteiger partial charge in [-0.15, -0.1) is 0 Å². The maximum absolute atomic E-state index is 11.8. The van der Waals surface area contributed by atoms with Crippen LogP contribution >= 0.6 is 0 Å². The summed E-state index contributed by atoms with van der Waals surface area (Å²) in [5, 5.41) is 2.43. The molecule has 0 spiro atoms. The van der Waals surface area contributed by atoms with Gasteiger partial charge in [-0.2, -0.15) is 0 Å². The Labute approximate surface area is 110 Å². The molecule has 1 rings (SSSR count). The van der Waals surface area contributed by atoms with Gasteiger partial charge in [0.05, 0.1) is 7.11 Å². The highest BCUT2D eigenvalue weighted by molar-refractivity contribution is 5.95. The van der Waals surface area contributed by atoms with E-state index < -0.39 is 23.8 Å². The normalized spacial score (nSPS) is 11.4. The zero-order chi connectivity index (χ0) is 14.3. The second-order valence-electron chi connectivity index (χ2n) is 3.76. The molecule has 0 aromatic carbocycles. The number of carbonyl (C=O) groups is 3. The summed E-state index contributed by atoms with van der Waals surface area (Å²) in [6, 6.07) is 3.89. The van der Waals surface area contributed by atoms with Gasteiger partial charge in [-0.3, -0.25) is 19.4 Å². The molecule has 0 aliphatic carbocycles. The predicted molar refractivity (Wildman–Crippen MR) is 65.9 cm³/mol. The average Bonchev–Trinajstić information content (AvgIpc) is 2.43. The SMILES string of the molecule is COC(=O)CC[C@@H](NC(=O)c1ccccn1)C(N)=O. The van der Waals surface area contributed by atoms with Gasteiger partial charge < -0.3 is 15.8 Å². The highest BCUT2D eigenvalue weighted by Gasteiger charge is 2.20. The van der Waals surface area contributed by atoms with Crippen LogP contribution in [0.1, 0.15) is 23.3 Å². The number of aromatic nitrogens is 1. The molecule has 2 amide bonds. The van der Waals surface area contributed by atoms with Crippen LogP contribution in [0.15, 0.2) is 24.4 Å². The number of rotatable bonds is 6. The first-order valence-corrected chi connectivity index (χ1v) is 5.62. The molecule has 0 saturated heterocycles. The number of carbonyl (C=O) groups excluding carboxylic acids is 3. The van der Waals surface area contributed by atoms with Crippen molar-refractivity contribution in [2.24, 2.45) is 5.73 Å². The summed E-state index contributed by atoms with van der Waals surface area (Å²) in [5.74, 6) is -1.71. The van der Waals surface area contributed by atoms with Crippen molar-refractivity contribution in [2.45, 2.75) is 18.9 Å². The van der Waals surface area contributed by atoms with E-state index in [-0.39, 0.29) is 18.5 Å². The molecule has 3 N–H and O–H groups in total. The second-order valence-corrected chi connectivity index (χ2v) is 3.76. The third-order valence-corrected chi connectivity index (χ3v) is 2.41. The quantitative estimate of drug-likeness (QED) is 0.681. The van der Waals surface area contributed by atoms with Crippen molar-refractivity contribution >= 4 is 17.8 Å². The highest BCUT2D eigenvalue weighted by atomic mass is 16.5. The Balaban J connectivity index is 2.61. The Morgan fingerprint density at radius 2 is 2.16 bits per heavy atom. The van der Waals surface area contributed by atoms with Gasteiger partial charge >= 0.3 is 5.97 Å². The second kappa shape index (κ2) is 7.10. The lowest BCUT2D eigenvalue weighted by atomic mass is 10.1. The van der Waals surface area contributed by atoms with Gasteiger partial charge in [0.15, 0.2) is 0 Å². The maximum atomic E-state index is 11.8. The van der Waals surface area contributed by atoms with Crippen molar-refractivity contribution in [3.05, 3.63) is 30.1 Å². The number of pyridine rings is 1. The number of hydrogen-bond acceptors (Lipinski definition) is 5. The zero-order valence-corrected chi connectivity index (χ0v) is 10.5. The van der Waals surface area contributed by atoms with Crippen molar-refractivity contribution in [3.8, 4) is 0 Å². The Morgan fingerprint density at radius 1 is 1.42 bits per heavy atom. The number of nitrogens with one attached hydrogen (secondary N) is 1. The summed E-state index contributed by atoms with van der Waals surface area (Å²) < 4.78 is 4.45. The molecular weight excluding hydrogens is 250 g/mol. The standard InChI is InChI=1S/C12H15N3O4/c1-19-10(16)6-5-8(11(13)17)15-12(18)9-4-2-3-7-14-9/h2-4,7-8H,5-6H2,1H3,(H2,13,17)(H,15,18)/t8-/m1/s1. The maximum Gasteiger partial charge on any atom is 0.305 e. The molecule has 7 heteroatoms. The van der Waals surface area contributed by atoms with E-state index in [4.69, 9.17) is 5.73 Å². The van der Waals surface area contributed by atoms with Crippen LogP contribution in [-0.2, 0) is 14.3 Å². The molecule has 102 valence electrons. The number of nitrogens with zero attached hydrogens (tertiary/aromatic N) is 1. The summed E-state index contributed by atoms with van der Waals surface area (Å²) in [6.07, 6.45) is 1.54. The molecule has 0 unspecified atom stereocenters. The molecule has 1 heterocycles. The van der Waals surface area contributed by atoms with Crippen LogP contribution in [0.4, 0.5) is 0 Å². The Morgan fingerprint density at radius 3 is 2.68 bits per heavy atom. The fraction of sp³-hybridized carbons (Fsp3) is 0.333. The van der Waals surface area contributed by atoms with Gasteiger partial charge in [0.25, 0.3) is 5.91 Å². The fourth-order valence-electron chi connectivity index (χ4n) is 1.38. The third kappa shape index (κ3) is 4.74. The topological polar surface area (TPSA) is 111 Å². The highest BCUT2D eigenvalue weighted by Crippen LogP contribution is 2.01. The van der Waals surface area contributed by atoms with E-state index in [0.29, 0.717) is 0 Å². The van der Waals surface area contributed by atoms with Gasteiger partial charge in [0.1, 0.15) is 11.7 Å². The van der Waals surface area contributed by atoms with E-state index in [1.54, 1.807) is 12.1 Å². The summed E-state index contributed by atoms with van der Waals surface area (Å²) in [6.45, 7) is 0. The molecule has 0 bridgehead atoms. The lowest BCUT2D eigenvalue weighted by molar-refractivity contribution is -0.140. The first kappa shape index (κ1) is 14.6. The lowest BCUT2D eigenvalue weighted by Gasteiger charge is -2.14. The third-order valence-electron chi connectivity index (χ3n) is 2.41. The number of methoxy groups -OCH3 is 1. The number of hydrogen-bond donors (Lipinski definition) is 2. The number of primary amides is 1. The lowest BCUT2D eigenvalue weighted by Crippen LogP contribution is -2.44. The number of ether oxygens (including phenoxy) is 1. The van der Waals surface area contributed by atoms with Crippen LogP contribution in [0.2, 0.25) is 0 Å². The van der Waals surface area contributed by atoms with Crippen molar-refractivity contribution in [3.63, 3.8) is 0 Å². The minimum Gasteiger partial charge on any atom is -0.469 e. The van der Waals surface area contributed by atoms with Gasteiger partial charge in [-0.05, 0) is 18.6 Å². The Kier molecular flexibility index (Phi) is 5.46. The van der Waals surface area contributed by atoms with Gasteiger partial charge in [-0.25, -0.2) is 0 Å². The van der Waals surface area contributed by atoms with E-state index in [9.17, 15) is 14.4 Å². The smallest absolute Gasteiger partial charge is 0.305 e. The molecule has 7 nitrogen and oxygen atoms in total. The van der Waals surface area contributed by atoms with Crippen molar-refractivity contribution in [1.82, 2.24) is 10.3 Å². The van der Waals surface area contributed by atoms with Gasteiger partial charge in [-0.1, -0.05) is 6.07 Å². The summed E-state index contributed by atoms with van der Waals surface area (Å²) in [7, 11) is 1.24. The van der Waals surface area contributed by atoms with Crippen LogP contribution in [0, 0.1) is 0 Å². The van der Waals surface area contributed by atoms with E-state index >= 15 is 0 Å². The van der Waals surface area contributed by atoms with E-state index in [0.717, 1.165) is 0 Å². The molecular formula is C12H15N3O4. The van der Waals surface area contributed by atoms with Crippen LogP contribution < -0.4 is 11.1 Å². The summed E-state index contributed by atoms with van der Waals surface area (Å²) in [4.78, 5) is 37.8. The van der Waals surface area contributed by atoms with Crippen LogP contribution in [0.5, 0.6) is 0 Å². The molecule has 0 radical (unpaired) electrons. The molecule has 1 atom stereocenters. The Bertz CT molecular complexity index is 461. The minimum absolute atomic E-state index is 0.00734. The largest absolute Gasteiger partial charge is 0.469 e. The van der Waals surface area contributed by atoms with Crippen LogP contribution in [0.25, 0.3) is 0 Å². The molecule has 0 aliphatic rings. The molecule has 19 heavy (non-hydrogen) atoms. The molecule has 0 fully saturated rings. The molecule has 1 aromatic rings. The zero-order valence-electron chi connectivity index (χ0n) is 10.5. The summed E-state index contributed by atoms with van der Waals surface area (Å²) in [5.41, 5.74) is 5.34. The first-order valence-electron chi connectivity index (χ1n) is 5.62. The summed E-state index contributed by atoms with van der Waals surface area (Å²) >= 11 is 0. The monoisotopic (exact) mass is 265 g/mol. The fourth-order valence-corrected chi connectivity index (χ4v) is 1.38. The predicted octanol–water partition coefficient (Wildman–Crippen LogP) is -0.381. The van der Waals surface area contributed by atoms with Gasteiger partial charge in [0, 0.05) is 12.6 Å². The van der Waals surface area contributed by atoms with Crippen molar-refractivity contribution in [2.75, 3.05) is 7.11 Å².